The second kappa shape index (κ2) is 8.87. The standard InChI is InChI=1S/C21H18F4N2O5/c1-11-14(9-19(30)26-6-7-28)15-8-18(29)16(22)10-17(15)27(11)20(31)12-2-4-13(5-3-12)32-21(23,24)25/h2-5,8,10,28-29H,6-7,9H2,1H3,(H,26,30). The van der Waals surface area contributed by atoms with E-state index in [1.807, 2.05) is 0 Å². The van der Waals surface area contributed by atoms with E-state index in [2.05, 4.69) is 10.1 Å². The minimum absolute atomic E-state index is 0.00992. The number of aromatic nitrogens is 1. The Kier molecular flexibility index (Phi) is 6.40. The van der Waals surface area contributed by atoms with E-state index < -0.39 is 35.5 Å². The summed E-state index contributed by atoms with van der Waals surface area (Å²) in [7, 11) is 0. The van der Waals surface area contributed by atoms with Crippen LogP contribution in [0.1, 0.15) is 21.6 Å². The van der Waals surface area contributed by atoms with Crippen LogP contribution in [0.5, 0.6) is 11.5 Å². The maximum Gasteiger partial charge on any atom is 0.573 e. The smallest absolute Gasteiger partial charge is 0.505 e. The lowest BCUT2D eigenvalue weighted by Gasteiger charge is -2.11. The molecule has 0 radical (unpaired) electrons. The molecule has 0 aliphatic heterocycles. The van der Waals surface area contributed by atoms with Gasteiger partial charge >= 0.3 is 6.36 Å². The molecule has 7 nitrogen and oxygen atoms in total. The minimum Gasteiger partial charge on any atom is -0.505 e. The average Bonchev–Trinajstić information content (AvgIpc) is 2.96. The van der Waals surface area contributed by atoms with Crippen molar-refractivity contribution in [3.8, 4) is 11.5 Å². The number of carbonyl (C=O) groups is 2. The fraction of sp³-hybridized carbons (Fsp3) is 0.238. The van der Waals surface area contributed by atoms with Gasteiger partial charge in [-0.15, -0.1) is 13.2 Å². The molecule has 1 heterocycles. The number of halogens is 4. The number of hydrogen-bond acceptors (Lipinski definition) is 5. The van der Waals surface area contributed by atoms with Crippen LogP contribution in [-0.2, 0) is 11.2 Å². The topological polar surface area (TPSA) is 101 Å². The largest absolute Gasteiger partial charge is 0.573 e. The molecule has 0 saturated carbocycles. The molecule has 0 unspecified atom stereocenters. The third-order valence-corrected chi connectivity index (χ3v) is 4.71. The normalized spacial score (nSPS) is 11.6. The summed E-state index contributed by atoms with van der Waals surface area (Å²) < 4.78 is 56.0. The number of nitrogens with zero attached hydrogens (tertiary/aromatic N) is 1. The van der Waals surface area contributed by atoms with Crippen molar-refractivity contribution in [1.82, 2.24) is 9.88 Å². The number of nitrogens with one attached hydrogen (secondary N) is 1. The van der Waals surface area contributed by atoms with Gasteiger partial charge in [-0.3, -0.25) is 14.2 Å². The predicted octanol–water partition coefficient (Wildman–Crippen LogP) is 3.03. The first-order valence-electron chi connectivity index (χ1n) is 9.32. The summed E-state index contributed by atoms with van der Waals surface area (Å²) in [6, 6.07) is 6.22. The van der Waals surface area contributed by atoms with E-state index in [1.54, 1.807) is 0 Å². The first-order chi connectivity index (χ1) is 15.0. The number of benzene rings is 2. The number of aliphatic hydroxyl groups is 1. The summed E-state index contributed by atoms with van der Waals surface area (Å²) in [4.78, 5) is 25.3. The summed E-state index contributed by atoms with van der Waals surface area (Å²) in [5.74, 6) is -3.33. The van der Waals surface area contributed by atoms with Crippen LogP contribution >= 0.6 is 0 Å². The highest BCUT2D eigenvalue weighted by Crippen LogP contribution is 2.32. The summed E-state index contributed by atoms with van der Waals surface area (Å²) in [5.41, 5.74) is 0.688. The molecule has 3 rings (SSSR count). The number of hydrogen-bond donors (Lipinski definition) is 3. The van der Waals surface area contributed by atoms with Crippen molar-refractivity contribution in [3.05, 3.63) is 59.0 Å². The number of fused-ring (bicyclic) bond motifs is 1. The Labute approximate surface area is 178 Å². The number of phenolic OH excluding ortho intramolecular Hbond substituents is 1. The molecule has 1 aromatic heterocycles. The van der Waals surface area contributed by atoms with Crippen LogP contribution < -0.4 is 10.1 Å². The molecule has 0 saturated heterocycles. The van der Waals surface area contributed by atoms with Gasteiger partial charge in [0.15, 0.2) is 11.6 Å². The van der Waals surface area contributed by atoms with Crippen molar-refractivity contribution in [2.24, 2.45) is 0 Å². The maximum atomic E-state index is 14.1. The number of carbonyl (C=O) groups excluding carboxylic acids is 2. The van der Waals surface area contributed by atoms with Crippen LogP contribution in [0.4, 0.5) is 17.6 Å². The molecule has 3 aromatic rings. The third kappa shape index (κ3) is 4.83. The first-order valence-corrected chi connectivity index (χ1v) is 9.32. The molecule has 2 aromatic carbocycles. The van der Waals surface area contributed by atoms with Gasteiger partial charge in [0.25, 0.3) is 5.91 Å². The molecular formula is C21H18F4N2O5. The van der Waals surface area contributed by atoms with E-state index in [0.717, 1.165) is 41.0 Å². The van der Waals surface area contributed by atoms with Gasteiger partial charge in [0.2, 0.25) is 5.91 Å². The highest BCUT2D eigenvalue weighted by Gasteiger charge is 2.31. The molecule has 170 valence electrons. The zero-order chi connectivity index (χ0) is 23.6. The summed E-state index contributed by atoms with van der Waals surface area (Å²) in [6.45, 7) is 1.26. The van der Waals surface area contributed by atoms with Gasteiger partial charge in [0.05, 0.1) is 18.5 Å². The van der Waals surface area contributed by atoms with Crippen LogP contribution in [0.3, 0.4) is 0 Å². The van der Waals surface area contributed by atoms with Crippen LogP contribution in [-0.4, -0.2) is 46.1 Å². The summed E-state index contributed by atoms with van der Waals surface area (Å²) in [6.07, 6.45) is -5.10. The molecule has 32 heavy (non-hydrogen) atoms. The second-order valence-electron chi connectivity index (χ2n) is 6.85. The Morgan fingerprint density at radius 2 is 1.81 bits per heavy atom. The molecule has 0 aliphatic rings. The van der Waals surface area contributed by atoms with Crippen LogP contribution in [0.2, 0.25) is 0 Å². The Hall–Kier alpha value is -3.60. The van der Waals surface area contributed by atoms with E-state index in [1.165, 1.54) is 6.92 Å². The lowest BCUT2D eigenvalue weighted by Crippen LogP contribution is -2.28. The predicted molar refractivity (Wildman–Crippen MR) is 105 cm³/mol. The van der Waals surface area contributed by atoms with Gasteiger partial charge < -0.3 is 20.3 Å². The number of rotatable bonds is 6. The second-order valence-corrected chi connectivity index (χ2v) is 6.85. The lowest BCUT2D eigenvalue weighted by molar-refractivity contribution is -0.274. The lowest BCUT2D eigenvalue weighted by atomic mass is 10.1. The Morgan fingerprint density at radius 3 is 2.41 bits per heavy atom. The van der Waals surface area contributed by atoms with Gasteiger partial charge in [0, 0.05) is 29.3 Å². The maximum absolute atomic E-state index is 14.1. The van der Waals surface area contributed by atoms with Crippen molar-refractivity contribution < 1.29 is 42.1 Å². The Bertz CT molecular complexity index is 1170. The number of amides is 1. The van der Waals surface area contributed by atoms with Gasteiger partial charge in [-0.05, 0) is 42.8 Å². The SMILES string of the molecule is Cc1c(CC(=O)NCCO)c2cc(O)c(F)cc2n1C(=O)c1ccc(OC(F)(F)F)cc1. The summed E-state index contributed by atoms with van der Waals surface area (Å²) >= 11 is 0. The zero-order valence-electron chi connectivity index (χ0n) is 16.7. The molecule has 11 heteroatoms. The van der Waals surface area contributed by atoms with E-state index in [9.17, 15) is 32.3 Å². The Balaban J connectivity index is 2.05. The molecule has 0 atom stereocenters. The average molecular weight is 454 g/mol. The number of aromatic hydroxyl groups is 1. The molecule has 0 spiro atoms. The van der Waals surface area contributed by atoms with E-state index >= 15 is 0 Å². The fourth-order valence-corrected chi connectivity index (χ4v) is 3.32. The number of phenols is 1. The number of ether oxygens (including phenoxy) is 1. The van der Waals surface area contributed by atoms with E-state index in [4.69, 9.17) is 5.11 Å². The third-order valence-electron chi connectivity index (χ3n) is 4.71. The van der Waals surface area contributed by atoms with Crippen LogP contribution in [0.25, 0.3) is 10.9 Å². The molecule has 0 bridgehead atoms. The van der Waals surface area contributed by atoms with Crippen molar-refractivity contribution in [3.63, 3.8) is 0 Å². The monoisotopic (exact) mass is 454 g/mol. The van der Waals surface area contributed by atoms with Gasteiger partial charge in [-0.2, -0.15) is 0 Å². The molecule has 0 fully saturated rings. The van der Waals surface area contributed by atoms with Gasteiger partial charge in [-0.1, -0.05) is 0 Å². The van der Waals surface area contributed by atoms with Crippen molar-refractivity contribution in [1.29, 1.82) is 0 Å². The van der Waals surface area contributed by atoms with E-state index in [0.29, 0.717) is 5.56 Å². The van der Waals surface area contributed by atoms with Crippen molar-refractivity contribution >= 4 is 22.7 Å². The molecular weight excluding hydrogens is 436 g/mol. The van der Waals surface area contributed by atoms with E-state index in [-0.39, 0.29) is 41.7 Å². The van der Waals surface area contributed by atoms with Crippen LogP contribution in [0.15, 0.2) is 36.4 Å². The molecule has 3 N–H and O–H groups in total. The van der Waals surface area contributed by atoms with Crippen molar-refractivity contribution in [2.45, 2.75) is 19.7 Å². The minimum atomic E-state index is -4.89. The summed E-state index contributed by atoms with van der Waals surface area (Å²) in [5, 5.41) is 21.4. The van der Waals surface area contributed by atoms with Gasteiger partial charge in [0.1, 0.15) is 5.75 Å². The zero-order valence-corrected chi connectivity index (χ0v) is 16.7. The van der Waals surface area contributed by atoms with Crippen molar-refractivity contribution in [2.75, 3.05) is 13.2 Å². The number of alkyl halides is 3. The van der Waals surface area contributed by atoms with Gasteiger partial charge in [-0.25, -0.2) is 4.39 Å². The first kappa shape index (κ1) is 23.1. The molecule has 1 amide bonds. The molecule has 0 aliphatic carbocycles. The highest BCUT2D eigenvalue weighted by atomic mass is 19.4. The number of aliphatic hydroxyl groups excluding tert-OH is 1. The quantitative estimate of drug-likeness (QED) is 0.497. The Morgan fingerprint density at radius 1 is 1.16 bits per heavy atom. The van der Waals surface area contributed by atoms with Crippen LogP contribution in [0, 0.1) is 12.7 Å². The highest BCUT2D eigenvalue weighted by molar-refractivity contribution is 6.05. The fourth-order valence-electron chi connectivity index (χ4n) is 3.32.